The van der Waals surface area contributed by atoms with Crippen molar-refractivity contribution in [2.75, 3.05) is 0 Å². The predicted octanol–water partition coefficient (Wildman–Crippen LogP) is 9.40. The van der Waals surface area contributed by atoms with Crippen molar-refractivity contribution in [2.45, 2.75) is 102 Å². The van der Waals surface area contributed by atoms with E-state index in [0.29, 0.717) is 0 Å². The van der Waals surface area contributed by atoms with Crippen molar-refractivity contribution < 1.29 is 0 Å². The Kier molecular flexibility index (Phi) is 8.44. The summed E-state index contributed by atoms with van der Waals surface area (Å²) in [6.07, 6.45) is 16.7. The molecule has 2 aromatic rings. The maximum Gasteiger partial charge on any atom is 0.0621 e. The second-order valence-corrected chi connectivity index (χ2v) is 10.5. The normalized spacial score (nSPS) is 25.9. The zero-order valence-corrected chi connectivity index (χ0v) is 20.1. The molecular weight excluding hydrogens is 386 g/mol. The maximum absolute atomic E-state index is 8.74. The van der Waals surface area contributed by atoms with E-state index in [1.54, 1.807) is 5.56 Å². The van der Waals surface area contributed by atoms with Gasteiger partial charge in [0.15, 0.2) is 0 Å². The van der Waals surface area contributed by atoms with E-state index in [-0.39, 0.29) is 0 Å². The molecule has 0 spiro atoms. The minimum absolute atomic E-state index is 0.724. The van der Waals surface area contributed by atoms with E-state index in [9.17, 15) is 0 Å². The summed E-state index contributed by atoms with van der Waals surface area (Å²) in [6, 6.07) is 21.2. The molecule has 0 aromatic heterocycles. The van der Waals surface area contributed by atoms with Crippen LogP contribution in [0.2, 0.25) is 0 Å². The first-order valence-corrected chi connectivity index (χ1v) is 13.3. The van der Waals surface area contributed by atoms with Crippen molar-refractivity contribution in [3.63, 3.8) is 0 Å². The van der Waals surface area contributed by atoms with Gasteiger partial charge in [-0.05, 0) is 110 Å². The molecule has 4 rings (SSSR count). The summed E-state index contributed by atoms with van der Waals surface area (Å²) in [5.41, 5.74) is 5.76. The van der Waals surface area contributed by atoms with Crippen molar-refractivity contribution in [1.29, 1.82) is 5.26 Å². The molecule has 0 amide bonds. The van der Waals surface area contributed by atoms with Crippen molar-refractivity contribution in [3.05, 3.63) is 59.7 Å². The van der Waals surface area contributed by atoms with E-state index in [1.165, 1.54) is 87.3 Å². The lowest BCUT2D eigenvalue weighted by Crippen LogP contribution is -2.13. The first kappa shape index (κ1) is 23.1. The number of unbranched alkanes of at least 4 members (excludes halogenated alkanes) is 1. The average Bonchev–Trinajstić information content (AvgIpc) is 2.86. The molecular formula is C31H41N. The molecule has 2 saturated carbocycles. The van der Waals surface area contributed by atoms with Crippen LogP contribution < -0.4 is 0 Å². The van der Waals surface area contributed by atoms with Crippen molar-refractivity contribution in [2.24, 2.45) is 11.8 Å². The van der Waals surface area contributed by atoms with Crippen LogP contribution >= 0.6 is 0 Å². The third-order valence-corrected chi connectivity index (χ3v) is 8.39. The number of rotatable bonds is 8. The molecule has 0 unspecified atom stereocenters. The largest absolute Gasteiger partial charge is 0.198 e. The van der Waals surface area contributed by atoms with Gasteiger partial charge in [0.2, 0.25) is 0 Å². The minimum atomic E-state index is 0.724. The van der Waals surface area contributed by atoms with E-state index in [2.05, 4.69) is 61.5 Å². The van der Waals surface area contributed by atoms with E-state index < -0.39 is 0 Å². The quantitative estimate of drug-likeness (QED) is 0.385. The van der Waals surface area contributed by atoms with Gasteiger partial charge in [-0.3, -0.25) is 0 Å². The highest BCUT2D eigenvalue weighted by molar-refractivity contribution is 5.64. The van der Waals surface area contributed by atoms with Crippen LogP contribution in [0.15, 0.2) is 48.5 Å². The van der Waals surface area contributed by atoms with Crippen molar-refractivity contribution in [3.8, 4) is 17.2 Å². The van der Waals surface area contributed by atoms with Gasteiger partial charge in [0, 0.05) is 6.42 Å². The molecule has 170 valence electrons. The van der Waals surface area contributed by atoms with Crippen LogP contribution in [0.1, 0.15) is 113 Å². The second-order valence-electron chi connectivity index (χ2n) is 10.5. The molecule has 0 saturated heterocycles. The average molecular weight is 428 g/mol. The lowest BCUT2D eigenvalue weighted by molar-refractivity contribution is 0.306. The molecule has 1 nitrogen and oxygen atoms in total. The van der Waals surface area contributed by atoms with Gasteiger partial charge in [-0.15, -0.1) is 0 Å². The standard InChI is InChI=1S/C31H41N/c1-2-5-24-7-11-26(12-8-24)28-15-19-30(20-16-28)31-21-17-29(18-22-31)27-13-9-25(10-14-27)6-3-4-23-32/h15-22,24-27H,2-14H2,1H3. The lowest BCUT2D eigenvalue weighted by atomic mass is 9.76. The van der Waals surface area contributed by atoms with Gasteiger partial charge in [0.1, 0.15) is 0 Å². The molecule has 1 heteroatoms. The Balaban J connectivity index is 1.29. The molecule has 2 fully saturated rings. The Hall–Kier alpha value is -2.07. The zero-order valence-electron chi connectivity index (χ0n) is 20.1. The number of benzene rings is 2. The molecule has 0 atom stereocenters. The first-order valence-electron chi connectivity index (χ1n) is 13.3. The lowest BCUT2D eigenvalue weighted by Gasteiger charge is -2.29. The van der Waals surface area contributed by atoms with Gasteiger partial charge in [-0.25, -0.2) is 0 Å². The van der Waals surface area contributed by atoms with Crippen LogP contribution in [0, 0.1) is 23.2 Å². The summed E-state index contributed by atoms with van der Waals surface area (Å²) in [5.74, 6) is 3.32. The monoisotopic (exact) mass is 427 g/mol. The summed E-state index contributed by atoms with van der Waals surface area (Å²) in [6.45, 7) is 2.32. The van der Waals surface area contributed by atoms with Crippen molar-refractivity contribution in [1.82, 2.24) is 0 Å². The van der Waals surface area contributed by atoms with Crippen LogP contribution in [-0.2, 0) is 0 Å². The van der Waals surface area contributed by atoms with Gasteiger partial charge >= 0.3 is 0 Å². The highest BCUT2D eigenvalue weighted by atomic mass is 14.3. The molecule has 0 radical (unpaired) electrons. The van der Waals surface area contributed by atoms with Gasteiger partial charge in [0.05, 0.1) is 6.07 Å². The Morgan fingerprint density at radius 3 is 1.50 bits per heavy atom. The molecule has 0 N–H and O–H groups in total. The topological polar surface area (TPSA) is 23.8 Å². The fourth-order valence-electron chi connectivity index (χ4n) is 6.34. The molecule has 2 aromatic carbocycles. The highest BCUT2D eigenvalue weighted by Gasteiger charge is 2.23. The van der Waals surface area contributed by atoms with E-state index in [1.807, 2.05) is 0 Å². The van der Waals surface area contributed by atoms with Gasteiger partial charge in [-0.1, -0.05) is 68.3 Å². The maximum atomic E-state index is 8.74. The molecule has 2 aliphatic carbocycles. The van der Waals surface area contributed by atoms with Gasteiger partial charge < -0.3 is 0 Å². The predicted molar refractivity (Wildman–Crippen MR) is 136 cm³/mol. The van der Waals surface area contributed by atoms with E-state index >= 15 is 0 Å². The van der Waals surface area contributed by atoms with Crippen LogP contribution in [0.25, 0.3) is 11.1 Å². The number of nitriles is 1. The van der Waals surface area contributed by atoms with Crippen molar-refractivity contribution >= 4 is 0 Å². The molecule has 0 aliphatic heterocycles. The van der Waals surface area contributed by atoms with Gasteiger partial charge in [0.25, 0.3) is 0 Å². The highest BCUT2D eigenvalue weighted by Crippen LogP contribution is 2.39. The molecule has 0 bridgehead atoms. The Bertz CT molecular complexity index is 841. The smallest absolute Gasteiger partial charge is 0.0621 e. The molecule has 32 heavy (non-hydrogen) atoms. The molecule has 0 heterocycles. The zero-order chi connectivity index (χ0) is 22.2. The van der Waals surface area contributed by atoms with Crippen LogP contribution in [0.3, 0.4) is 0 Å². The summed E-state index contributed by atoms with van der Waals surface area (Å²) in [7, 11) is 0. The summed E-state index contributed by atoms with van der Waals surface area (Å²) >= 11 is 0. The Labute approximate surface area is 196 Å². The van der Waals surface area contributed by atoms with Gasteiger partial charge in [-0.2, -0.15) is 5.26 Å². The van der Waals surface area contributed by atoms with Crippen LogP contribution in [0.5, 0.6) is 0 Å². The SMILES string of the molecule is CCCC1CCC(c2ccc(-c3ccc(C4CCC(CCCC#N)CC4)cc3)cc2)CC1. The third kappa shape index (κ3) is 6.04. The number of hydrogen-bond acceptors (Lipinski definition) is 1. The third-order valence-electron chi connectivity index (χ3n) is 8.39. The fourth-order valence-corrected chi connectivity index (χ4v) is 6.34. The van der Waals surface area contributed by atoms with Crippen LogP contribution in [0.4, 0.5) is 0 Å². The summed E-state index contributed by atoms with van der Waals surface area (Å²) < 4.78 is 0. The number of hydrogen-bond donors (Lipinski definition) is 0. The summed E-state index contributed by atoms with van der Waals surface area (Å²) in [5, 5.41) is 8.74. The summed E-state index contributed by atoms with van der Waals surface area (Å²) in [4.78, 5) is 0. The Morgan fingerprint density at radius 1 is 0.656 bits per heavy atom. The molecule has 2 aliphatic rings. The first-order chi connectivity index (χ1) is 15.8. The fraction of sp³-hybridized carbons (Fsp3) is 0.581. The van der Waals surface area contributed by atoms with E-state index in [4.69, 9.17) is 5.26 Å². The van der Waals surface area contributed by atoms with Crippen LogP contribution in [-0.4, -0.2) is 0 Å². The second kappa shape index (κ2) is 11.7. The minimum Gasteiger partial charge on any atom is -0.198 e. The Morgan fingerprint density at radius 2 is 1.09 bits per heavy atom. The number of nitrogens with zero attached hydrogens (tertiary/aromatic N) is 1. The van der Waals surface area contributed by atoms with E-state index in [0.717, 1.165) is 36.5 Å².